The molecule has 0 radical (unpaired) electrons. The maximum atomic E-state index is 12.8. The normalized spacial score (nSPS) is 30.4. The third-order valence-corrected chi connectivity index (χ3v) is 2.91. The lowest BCUT2D eigenvalue weighted by Gasteiger charge is -2.33. The van der Waals surface area contributed by atoms with Crippen molar-refractivity contribution in [3.63, 3.8) is 0 Å². The zero-order chi connectivity index (χ0) is 11.0. The molecule has 0 amide bonds. The lowest BCUT2D eigenvalue weighted by atomic mass is 9.79. The molecular weight excluding hydrogens is 203 g/mol. The minimum absolute atomic E-state index is 0.0202. The molecule has 1 aliphatic carbocycles. The summed E-state index contributed by atoms with van der Waals surface area (Å²) in [5.74, 6) is -5.75. The smallest absolute Gasteiger partial charge is 0.196 e. The quantitative estimate of drug-likeness (QED) is 0.581. The third kappa shape index (κ3) is 2.17. The molecule has 5 heteroatoms. The molecule has 0 aromatic heterocycles. The summed E-state index contributed by atoms with van der Waals surface area (Å²) in [6, 6.07) is 0. The van der Waals surface area contributed by atoms with Crippen LogP contribution >= 0.6 is 0 Å². The summed E-state index contributed by atoms with van der Waals surface area (Å²) >= 11 is 0. The summed E-state index contributed by atoms with van der Waals surface area (Å²) in [7, 11) is 0. The van der Waals surface area contributed by atoms with Gasteiger partial charge in [0, 0.05) is 5.92 Å². The van der Waals surface area contributed by atoms with Crippen molar-refractivity contribution in [2.24, 2.45) is 11.8 Å². The Morgan fingerprint density at radius 3 is 1.64 bits per heavy atom. The molecule has 1 aliphatic rings. The van der Waals surface area contributed by atoms with Crippen LogP contribution in [0.2, 0.25) is 0 Å². The van der Waals surface area contributed by atoms with Crippen molar-refractivity contribution >= 4 is 0 Å². The first-order chi connectivity index (χ1) is 6.25. The summed E-state index contributed by atoms with van der Waals surface area (Å²) in [4.78, 5) is 0. The van der Waals surface area contributed by atoms with Crippen LogP contribution in [-0.2, 0) is 0 Å². The van der Waals surface area contributed by atoms with Gasteiger partial charge >= 0.3 is 12.1 Å². The Balaban J connectivity index is 2.65. The van der Waals surface area contributed by atoms with Gasteiger partial charge in [0.1, 0.15) is 0 Å². The van der Waals surface area contributed by atoms with E-state index in [0.717, 1.165) is 0 Å². The topological polar surface area (TPSA) is 0 Å². The number of rotatable bonds is 1. The molecule has 0 saturated heterocycles. The Morgan fingerprint density at radius 1 is 0.857 bits per heavy atom. The molecule has 0 aliphatic heterocycles. The fourth-order valence-electron chi connectivity index (χ4n) is 1.85. The summed E-state index contributed by atoms with van der Waals surface area (Å²) < 4.78 is 61.5. The van der Waals surface area contributed by atoms with Crippen LogP contribution in [-0.4, -0.2) is 12.1 Å². The molecule has 0 aromatic carbocycles. The molecule has 84 valence electrons. The summed E-state index contributed by atoms with van der Waals surface area (Å²) in [6.07, 6.45) is -4.49. The largest absolute Gasteiger partial charge is 0.453 e. The van der Waals surface area contributed by atoms with E-state index in [9.17, 15) is 22.0 Å². The highest BCUT2D eigenvalue weighted by molar-refractivity contribution is 4.87. The molecule has 0 atom stereocenters. The Bertz CT molecular complexity index is 188. The average Bonchev–Trinajstić information content (AvgIpc) is 2.03. The second-order valence-corrected chi connectivity index (χ2v) is 4.08. The van der Waals surface area contributed by atoms with Crippen molar-refractivity contribution in [2.75, 3.05) is 0 Å². The van der Waals surface area contributed by atoms with Gasteiger partial charge in [-0.1, -0.05) is 19.8 Å². The fraction of sp³-hybridized carbons (Fsp3) is 1.00. The number of hydrogen-bond acceptors (Lipinski definition) is 0. The van der Waals surface area contributed by atoms with Gasteiger partial charge in [0.25, 0.3) is 0 Å². The predicted molar refractivity (Wildman–Crippen MR) is 42.1 cm³/mol. The first-order valence-electron chi connectivity index (χ1n) is 4.69. The van der Waals surface area contributed by atoms with E-state index >= 15 is 0 Å². The van der Waals surface area contributed by atoms with Crippen molar-refractivity contribution in [3.8, 4) is 0 Å². The first-order valence-corrected chi connectivity index (χ1v) is 4.69. The van der Waals surface area contributed by atoms with Crippen LogP contribution in [0.4, 0.5) is 22.0 Å². The van der Waals surface area contributed by atoms with E-state index in [1.165, 1.54) is 0 Å². The van der Waals surface area contributed by atoms with Crippen molar-refractivity contribution in [1.82, 2.24) is 0 Å². The van der Waals surface area contributed by atoms with E-state index in [0.29, 0.717) is 12.8 Å². The third-order valence-electron chi connectivity index (χ3n) is 2.91. The van der Waals surface area contributed by atoms with Gasteiger partial charge < -0.3 is 0 Å². The molecule has 1 rings (SSSR count). The lowest BCUT2D eigenvalue weighted by molar-refractivity contribution is -0.306. The van der Waals surface area contributed by atoms with E-state index in [4.69, 9.17) is 0 Å². The lowest BCUT2D eigenvalue weighted by Crippen LogP contribution is -2.44. The molecule has 0 N–H and O–H groups in total. The van der Waals surface area contributed by atoms with Crippen LogP contribution in [0, 0.1) is 11.8 Å². The van der Waals surface area contributed by atoms with Gasteiger partial charge in [0.2, 0.25) is 0 Å². The summed E-state index contributed by atoms with van der Waals surface area (Å²) in [6.45, 7) is 1.88. The van der Waals surface area contributed by atoms with E-state index in [1.807, 2.05) is 6.92 Å². The monoisotopic (exact) mass is 216 g/mol. The predicted octanol–water partition coefficient (Wildman–Crippen LogP) is 4.01. The molecule has 0 bridgehead atoms. The molecule has 0 unspecified atom stereocenters. The van der Waals surface area contributed by atoms with Crippen LogP contribution in [0.1, 0.15) is 32.6 Å². The number of hydrogen-bond donors (Lipinski definition) is 0. The van der Waals surface area contributed by atoms with Crippen LogP contribution in [0.15, 0.2) is 0 Å². The Hall–Kier alpha value is -0.350. The van der Waals surface area contributed by atoms with Gasteiger partial charge in [0.15, 0.2) is 0 Å². The molecule has 0 spiro atoms. The van der Waals surface area contributed by atoms with E-state index < -0.39 is 18.0 Å². The Morgan fingerprint density at radius 2 is 1.29 bits per heavy atom. The van der Waals surface area contributed by atoms with Crippen molar-refractivity contribution in [2.45, 2.75) is 44.7 Å². The van der Waals surface area contributed by atoms with Crippen LogP contribution in [0.25, 0.3) is 0 Å². The molecule has 1 fully saturated rings. The Labute approximate surface area is 79.5 Å². The minimum Gasteiger partial charge on any atom is -0.196 e. The standard InChI is InChI=1S/C9H13F5/c1-6-2-4-7(5-3-6)8(10,11)9(12,13)14/h6-7H,2-5H2,1H3. The summed E-state index contributed by atoms with van der Waals surface area (Å²) in [5.41, 5.74) is 0. The number of alkyl halides is 5. The molecule has 14 heavy (non-hydrogen) atoms. The van der Waals surface area contributed by atoms with Gasteiger partial charge in [-0.25, -0.2) is 0 Å². The van der Waals surface area contributed by atoms with Gasteiger partial charge in [0.05, 0.1) is 0 Å². The highest BCUT2D eigenvalue weighted by atomic mass is 19.4. The van der Waals surface area contributed by atoms with E-state index in [2.05, 4.69) is 0 Å². The molecule has 0 heterocycles. The maximum Gasteiger partial charge on any atom is 0.453 e. The van der Waals surface area contributed by atoms with Crippen LogP contribution in [0.3, 0.4) is 0 Å². The van der Waals surface area contributed by atoms with E-state index in [1.54, 1.807) is 0 Å². The molecule has 0 nitrogen and oxygen atoms in total. The van der Waals surface area contributed by atoms with Gasteiger partial charge in [-0.05, 0) is 18.8 Å². The average molecular weight is 216 g/mol. The van der Waals surface area contributed by atoms with Crippen LogP contribution in [0.5, 0.6) is 0 Å². The second-order valence-electron chi connectivity index (χ2n) is 4.08. The van der Waals surface area contributed by atoms with Crippen molar-refractivity contribution in [3.05, 3.63) is 0 Å². The SMILES string of the molecule is CC1CCC(C(F)(F)C(F)(F)F)CC1. The Kier molecular flexibility index (Phi) is 3.07. The molecule has 0 aromatic rings. The van der Waals surface area contributed by atoms with Gasteiger partial charge in [-0.3, -0.25) is 0 Å². The highest BCUT2D eigenvalue weighted by Gasteiger charge is 2.61. The van der Waals surface area contributed by atoms with Crippen LogP contribution < -0.4 is 0 Å². The molecule has 1 saturated carbocycles. The van der Waals surface area contributed by atoms with E-state index in [-0.39, 0.29) is 18.8 Å². The maximum absolute atomic E-state index is 12.8. The fourth-order valence-corrected chi connectivity index (χ4v) is 1.85. The van der Waals surface area contributed by atoms with Crippen molar-refractivity contribution in [1.29, 1.82) is 0 Å². The first kappa shape index (κ1) is 11.7. The zero-order valence-corrected chi connectivity index (χ0v) is 7.87. The zero-order valence-electron chi connectivity index (χ0n) is 7.87. The summed E-state index contributed by atoms with van der Waals surface area (Å²) in [5, 5.41) is 0. The highest BCUT2D eigenvalue weighted by Crippen LogP contribution is 2.47. The number of halogens is 5. The van der Waals surface area contributed by atoms with Crippen molar-refractivity contribution < 1.29 is 22.0 Å². The minimum atomic E-state index is -5.39. The van der Waals surface area contributed by atoms with Gasteiger partial charge in [-0.15, -0.1) is 0 Å². The second kappa shape index (κ2) is 3.66. The molecular formula is C9H13F5. The van der Waals surface area contributed by atoms with Gasteiger partial charge in [-0.2, -0.15) is 22.0 Å².